The zero-order chi connectivity index (χ0) is 19.2. The lowest BCUT2D eigenvalue weighted by Gasteiger charge is -2.32. The molecular formula is C20H26N4O3. The second kappa shape index (κ2) is 8.70. The molecule has 1 fully saturated rings. The fourth-order valence-corrected chi connectivity index (χ4v) is 3.41. The fraction of sp³-hybridized carbons (Fsp3) is 0.450. The number of ether oxygens (including phenoxy) is 2. The summed E-state index contributed by atoms with van der Waals surface area (Å²) in [4.78, 5) is 14.5. The minimum absolute atomic E-state index is 0.00907. The summed E-state index contributed by atoms with van der Waals surface area (Å²) in [7, 11) is 3.53. The molecule has 27 heavy (non-hydrogen) atoms. The molecule has 0 bridgehead atoms. The van der Waals surface area contributed by atoms with Crippen LogP contribution in [0.5, 0.6) is 11.5 Å². The number of hydrogen-bond donors (Lipinski definition) is 0. The van der Waals surface area contributed by atoms with Crippen molar-refractivity contribution in [2.45, 2.75) is 25.7 Å². The molecule has 1 saturated heterocycles. The van der Waals surface area contributed by atoms with Crippen molar-refractivity contribution in [1.29, 1.82) is 0 Å². The summed E-state index contributed by atoms with van der Waals surface area (Å²) in [6.45, 7) is 3.34. The number of aryl methyl sites for hydroxylation is 1. The van der Waals surface area contributed by atoms with Gasteiger partial charge in [-0.1, -0.05) is 18.2 Å². The number of aromatic nitrogens is 3. The first-order chi connectivity index (χ1) is 13.1. The molecule has 7 nitrogen and oxygen atoms in total. The van der Waals surface area contributed by atoms with Crippen molar-refractivity contribution in [2.75, 3.05) is 26.8 Å². The van der Waals surface area contributed by atoms with Gasteiger partial charge in [0.1, 0.15) is 12.2 Å². The molecule has 2 aromatic rings. The van der Waals surface area contributed by atoms with Crippen LogP contribution in [0.25, 0.3) is 6.08 Å². The lowest BCUT2D eigenvalue weighted by molar-refractivity contribution is -0.134. The Bertz CT molecular complexity index is 815. The standard InChI is InChI=1S/C20H26N4O3/c1-4-6-15-8-9-17(18(11-15)26-3)27-13-19(25)24-10-5-7-16(12-24)20-22-21-14-23(20)2/h4,6,8-9,11,14,16H,5,7,10,12-13H2,1-3H3/b6-4+. The van der Waals surface area contributed by atoms with Gasteiger partial charge in [0.15, 0.2) is 18.1 Å². The average Bonchev–Trinajstić information content (AvgIpc) is 3.13. The first-order valence-electron chi connectivity index (χ1n) is 9.17. The SMILES string of the molecule is C/C=C/c1ccc(OCC(=O)N2CCCC(c3nncn3C)C2)c(OC)c1. The summed E-state index contributed by atoms with van der Waals surface area (Å²) in [5, 5.41) is 8.14. The van der Waals surface area contributed by atoms with Crippen LogP contribution in [-0.4, -0.2) is 52.4 Å². The Hall–Kier alpha value is -2.83. The molecule has 3 rings (SSSR count). The Morgan fingerprint density at radius 3 is 2.93 bits per heavy atom. The molecule has 0 N–H and O–H groups in total. The van der Waals surface area contributed by atoms with Crippen molar-refractivity contribution in [2.24, 2.45) is 7.05 Å². The van der Waals surface area contributed by atoms with E-state index in [4.69, 9.17) is 9.47 Å². The van der Waals surface area contributed by atoms with Gasteiger partial charge in [0.05, 0.1) is 7.11 Å². The summed E-state index contributed by atoms with van der Waals surface area (Å²) in [6.07, 6.45) is 7.60. The van der Waals surface area contributed by atoms with Gasteiger partial charge in [-0.3, -0.25) is 4.79 Å². The van der Waals surface area contributed by atoms with Crippen molar-refractivity contribution in [1.82, 2.24) is 19.7 Å². The third kappa shape index (κ3) is 4.48. The predicted octanol–water partition coefficient (Wildman–Crippen LogP) is 2.64. The van der Waals surface area contributed by atoms with E-state index in [9.17, 15) is 4.79 Å². The molecule has 144 valence electrons. The van der Waals surface area contributed by atoms with E-state index in [2.05, 4.69) is 10.2 Å². The number of likely N-dealkylation sites (tertiary alicyclic amines) is 1. The molecule has 0 spiro atoms. The second-order valence-corrected chi connectivity index (χ2v) is 6.68. The molecule has 0 radical (unpaired) electrons. The Morgan fingerprint density at radius 2 is 2.22 bits per heavy atom. The monoisotopic (exact) mass is 370 g/mol. The van der Waals surface area contributed by atoms with Crippen LogP contribution in [0.1, 0.15) is 37.1 Å². The van der Waals surface area contributed by atoms with Crippen LogP contribution >= 0.6 is 0 Å². The summed E-state index contributed by atoms with van der Waals surface area (Å²) < 4.78 is 13.1. The fourth-order valence-electron chi connectivity index (χ4n) is 3.41. The normalized spacial score (nSPS) is 17.3. The van der Waals surface area contributed by atoms with Crippen molar-refractivity contribution in [3.05, 3.63) is 42.0 Å². The van der Waals surface area contributed by atoms with Crippen LogP contribution in [0.2, 0.25) is 0 Å². The Morgan fingerprint density at radius 1 is 1.37 bits per heavy atom. The maximum atomic E-state index is 12.6. The summed E-state index contributed by atoms with van der Waals surface area (Å²) in [5.41, 5.74) is 1.02. The van der Waals surface area contributed by atoms with Gasteiger partial charge in [-0.25, -0.2) is 0 Å². The van der Waals surface area contributed by atoms with Crippen LogP contribution in [-0.2, 0) is 11.8 Å². The maximum absolute atomic E-state index is 12.6. The van der Waals surface area contributed by atoms with Gasteiger partial charge < -0.3 is 18.9 Å². The first-order valence-corrected chi connectivity index (χ1v) is 9.17. The molecule has 2 heterocycles. The van der Waals surface area contributed by atoms with Crippen molar-refractivity contribution >= 4 is 12.0 Å². The van der Waals surface area contributed by atoms with Crippen LogP contribution in [0, 0.1) is 0 Å². The largest absolute Gasteiger partial charge is 0.493 e. The van der Waals surface area contributed by atoms with Gasteiger partial charge >= 0.3 is 0 Å². The molecule has 1 aromatic heterocycles. The third-order valence-electron chi connectivity index (χ3n) is 4.78. The zero-order valence-electron chi connectivity index (χ0n) is 16.1. The van der Waals surface area contributed by atoms with Gasteiger partial charge in [0.25, 0.3) is 5.91 Å². The van der Waals surface area contributed by atoms with E-state index in [1.54, 1.807) is 13.4 Å². The summed E-state index contributed by atoms with van der Waals surface area (Å²) >= 11 is 0. The topological polar surface area (TPSA) is 69.5 Å². The van der Waals surface area contributed by atoms with Gasteiger partial charge in [-0.05, 0) is 37.5 Å². The number of amides is 1. The van der Waals surface area contributed by atoms with Gasteiger partial charge in [0.2, 0.25) is 0 Å². The van der Waals surface area contributed by atoms with Gasteiger partial charge in [0, 0.05) is 26.1 Å². The zero-order valence-corrected chi connectivity index (χ0v) is 16.1. The van der Waals surface area contributed by atoms with E-state index < -0.39 is 0 Å². The van der Waals surface area contributed by atoms with Gasteiger partial charge in [-0.15, -0.1) is 10.2 Å². The quantitative estimate of drug-likeness (QED) is 0.782. The lowest BCUT2D eigenvalue weighted by Crippen LogP contribution is -2.42. The van der Waals surface area contributed by atoms with Gasteiger partial charge in [-0.2, -0.15) is 0 Å². The Kier molecular flexibility index (Phi) is 6.11. The smallest absolute Gasteiger partial charge is 0.260 e. The molecule has 1 aromatic carbocycles. The molecule has 7 heteroatoms. The number of piperidine rings is 1. The average molecular weight is 370 g/mol. The van der Waals surface area contributed by atoms with Crippen molar-refractivity contribution in [3.63, 3.8) is 0 Å². The van der Waals surface area contributed by atoms with Crippen LogP contribution < -0.4 is 9.47 Å². The maximum Gasteiger partial charge on any atom is 0.260 e. The molecule has 1 aliphatic heterocycles. The predicted molar refractivity (Wildman–Crippen MR) is 103 cm³/mol. The molecule has 0 saturated carbocycles. The highest BCUT2D eigenvalue weighted by Gasteiger charge is 2.27. The van der Waals surface area contributed by atoms with Crippen molar-refractivity contribution in [3.8, 4) is 11.5 Å². The lowest BCUT2D eigenvalue weighted by atomic mass is 9.97. The molecule has 1 amide bonds. The van der Waals surface area contributed by atoms with E-state index in [1.165, 1.54) is 0 Å². The first kappa shape index (κ1) is 18.9. The third-order valence-corrected chi connectivity index (χ3v) is 4.78. The number of hydrogen-bond acceptors (Lipinski definition) is 5. The van der Waals surface area contributed by atoms with E-state index in [0.717, 1.165) is 30.8 Å². The number of carbonyl (C=O) groups excluding carboxylic acids is 1. The van der Waals surface area contributed by atoms with Crippen molar-refractivity contribution < 1.29 is 14.3 Å². The summed E-state index contributed by atoms with van der Waals surface area (Å²) in [6, 6.07) is 5.66. The molecular weight excluding hydrogens is 344 g/mol. The number of allylic oxidation sites excluding steroid dienone is 1. The van der Waals surface area contributed by atoms with E-state index in [-0.39, 0.29) is 18.4 Å². The highest BCUT2D eigenvalue weighted by Crippen LogP contribution is 2.29. The number of methoxy groups -OCH3 is 1. The van der Waals surface area contributed by atoms with Crippen LogP contribution in [0.15, 0.2) is 30.6 Å². The minimum atomic E-state index is -0.0264. The second-order valence-electron chi connectivity index (χ2n) is 6.68. The number of rotatable bonds is 6. The Balaban J connectivity index is 1.61. The number of nitrogens with zero attached hydrogens (tertiary/aromatic N) is 4. The Labute approximate surface area is 159 Å². The summed E-state index contributed by atoms with van der Waals surface area (Å²) in [5.74, 6) is 2.30. The van der Waals surface area contributed by atoms with E-state index in [1.807, 2.05) is 53.8 Å². The highest BCUT2D eigenvalue weighted by molar-refractivity contribution is 5.78. The minimum Gasteiger partial charge on any atom is -0.493 e. The molecule has 1 unspecified atom stereocenters. The number of benzene rings is 1. The number of carbonyl (C=O) groups is 1. The molecule has 0 aliphatic carbocycles. The molecule has 1 aliphatic rings. The van der Waals surface area contributed by atoms with Crippen LogP contribution in [0.3, 0.4) is 0 Å². The van der Waals surface area contributed by atoms with E-state index >= 15 is 0 Å². The molecule has 1 atom stereocenters. The highest BCUT2D eigenvalue weighted by atomic mass is 16.5. The van der Waals surface area contributed by atoms with E-state index in [0.29, 0.717) is 18.0 Å². The van der Waals surface area contributed by atoms with Crippen LogP contribution in [0.4, 0.5) is 0 Å².